The summed E-state index contributed by atoms with van der Waals surface area (Å²) in [7, 11) is 0. The minimum absolute atomic E-state index is 0.0705. The Morgan fingerprint density at radius 2 is 1.57 bits per heavy atom. The van der Waals surface area contributed by atoms with E-state index in [0.717, 1.165) is 36.9 Å². The van der Waals surface area contributed by atoms with E-state index >= 15 is 0 Å². The minimum atomic E-state index is -0.0705. The summed E-state index contributed by atoms with van der Waals surface area (Å²) in [6.45, 7) is 15.4. The maximum atomic E-state index is 4.60. The number of hydrogen-bond donors (Lipinski definition) is 0. The zero-order valence-electron chi connectivity index (χ0n) is 29.0. The van der Waals surface area contributed by atoms with Crippen LogP contribution in [0.25, 0.3) is 22.3 Å². The molecule has 3 aliphatic rings. The largest absolute Gasteiger partial charge is 0.314 e. The lowest BCUT2D eigenvalue weighted by Gasteiger charge is -2.33. The summed E-state index contributed by atoms with van der Waals surface area (Å²) in [5.74, 6) is 0. The fraction of sp³-hybridized carbons (Fsp3) is 0.167. The average Bonchev–Trinajstić information content (AvgIpc) is 3.34. The zero-order chi connectivity index (χ0) is 34.0. The highest BCUT2D eigenvalue weighted by Gasteiger charge is 2.37. The normalized spacial score (nSPS) is 17.4. The van der Waals surface area contributed by atoms with Crippen LogP contribution >= 0.6 is 0 Å². The Balaban J connectivity index is 1.39. The average molecular weight is 636 g/mol. The molecule has 0 unspecified atom stereocenters. The van der Waals surface area contributed by atoms with Crippen molar-refractivity contribution in [2.24, 2.45) is 0 Å². The molecule has 0 atom stereocenters. The van der Waals surface area contributed by atoms with E-state index in [2.05, 4.69) is 172 Å². The summed E-state index contributed by atoms with van der Waals surface area (Å²) in [6, 6.07) is 35.6. The maximum Gasteiger partial charge on any atom is 0.0499 e. The van der Waals surface area contributed by atoms with Crippen LogP contribution in [0, 0.1) is 0 Å². The van der Waals surface area contributed by atoms with Gasteiger partial charge in [0.2, 0.25) is 0 Å². The van der Waals surface area contributed by atoms with Crippen LogP contribution in [0.5, 0.6) is 0 Å². The number of nitrogens with zero attached hydrogens (tertiary/aromatic N) is 1. The van der Waals surface area contributed by atoms with Crippen LogP contribution in [0.2, 0.25) is 0 Å². The molecule has 0 bridgehead atoms. The van der Waals surface area contributed by atoms with Gasteiger partial charge >= 0.3 is 0 Å². The highest BCUT2D eigenvalue weighted by molar-refractivity contribution is 5.91. The van der Waals surface area contributed by atoms with E-state index in [0.29, 0.717) is 0 Å². The lowest BCUT2D eigenvalue weighted by atomic mass is 9.79. The highest BCUT2D eigenvalue weighted by atomic mass is 15.2. The molecule has 242 valence electrons. The van der Waals surface area contributed by atoms with Gasteiger partial charge in [-0.1, -0.05) is 155 Å². The van der Waals surface area contributed by atoms with Crippen molar-refractivity contribution >= 4 is 33.7 Å². The molecule has 0 aliphatic heterocycles. The van der Waals surface area contributed by atoms with Crippen LogP contribution in [0.15, 0.2) is 170 Å². The van der Waals surface area contributed by atoms with Crippen molar-refractivity contribution in [1.29, 1.82) is 0 Å². The molecule has 1 heteroatoms. The van der Waals surface area contributed by atoms with Gasteiger partial charge in [-0.15, -0.1) is 0 Å². The predicted molar refractivity (Wildman–Crippen MR) is 213 cm³/mol. The highest BCUT2D eigenvalue weighted by Crippen LogP contribution is 2.51. The minimum Gasteiger partial charge on any atom is -0.314 e. The lowest BCUT2D eigenvalue weighted by Crippen LogP contribution is -2.20. The molecule has 0 aromatic heterocycles. The standard InChI is InChI=1S/C48H45N/c1-6-8-16-35(15-7-2)37-24-28-39(29-25-37)49(40-30-26-38(27-31-40)36-17-10-9-11-18-36)47-22-14-20-41-34(3)23-32-46-43(33-44(41)47)42-19-12-13-21-45(42)48(46,4)5/h6,8-26,28-30,32H,1,3,7,27,31,33H2,2,4-5H3/b16-8-,32-23-,35-15+. The van der Waals surface area contributed by atoms with Gasteiger partial charge in [0.1, 0.15) is 0 Å². The van der Waals surface area contributed by atoms with Crippen molar-refractivity contribution in [3.63, 3.8) is 0 Å². The van der Waals surface area contributed by atoms with Crippen LogP contribution in [0.1, 0.15) is 73.4 Å². The van der Waals surface area contributed by atoms with E-state index in [1.54, 1.807) is 0 Å². The quantitative estimate of drug-likeness (QED) is 0.174. The first-order chi connectivity index (χ1) is 23.9. The Bertz CT molecular complexity index is 2110. The van der Waals surface area contributed by atoms with Crippen LogP contribution in [-0.2, 0) is 11.8 Å². The van der Waals surface area contributed by atoms with Gasteiger partial charge in [-0.05, 0) is 105 Å². The predicted octanol–water partition coefficient (Wildman–Crippen LogP) is 13.0. The molecule has 0 amide bonds. The molecule has 0 spiro atoms. The topological polar surface area (TPSA) is 3.24 Å². The van der Waals surface area contributed by atoms with E-state index in [1.165, 1.54) is 67.1 Å². The molecule has 4 aromatic rings. The van der Waals surface area contributed by atoms with E-state index < -0.39 is 0 Å². The molecule has 7 rings (SSSR count). The molecule has 0 N–H and O–H groups in total. The van der Waals surface area contributed by atoms with E-state index in [1.807, 2.05) is 12.2 Å². The molecule has 0 saturated heterocycles. The van der Waals surface area contributed by atoms with E-state index in [4.69, 9.17) is 0 Å². The molecule has 0 radical (unpaired) electrons. The summed E-state index contributed by atoms with van der Waals surface area (Å²) in [6.07, 6.45) is 21.2. The molecular weight excluding hydrogens is 591 g/mol. The van der Waals surface area contributed by atoms with Crippen molar-refractivity contribution in [1.82, 2.24) is 0 Å². The van der Waals surface area contributed by atoms with Crippen molar-refractivity contribution in [3.05, 3.63) is 203 Å². The Labute approximate surface area is 293 Å². The van der Waals surface area contributed by atoms with Gasteiger partial charge in [0, 0.05) is 28.9 Å². The summed E-state index contributed by atoms with van der Waals surface area (Å²) < 4.78 is 0. The second kappa shape index (κ2) is 13.6. The van der Waals surface area contributed by atoms with Gasteiger partial charge in [-0.2, -0.15) is 0 Å². The number of hydrogen-bond acceptors (Lipinski definition) is 1. The molecule has 0 saturated carbocycles. The molecule has 3 aliphatic carbocycles. The van der Waals surface area contributed by atoms with Crippen molar-refractivity contribution in [3.8, 4) is 0 Å². The van der Waals surface area contributed by atoms with Crippen LogP contribution < -0.4 is 4.90 Å². The summed E-state index contributed by atoms with van der Waals surface area (Å²) in [4.78, 5) is 2.51. The molecule has 4 aromatic carbocycles. The maximum absolute atomic E-state index is 4.60. The zero-order valence-corrected chi connectivity index (χ0v) is 29.0. The Morgan fingerprint density at radius 1 is 0.816 bits per heavy atom. The fourth-order valence-corrected chi connectivity index (χ4v) is 7.82. The second-order valence-corrected chi connectivity index (χ2v) is 13.7. The monoisotopic (exact) mass is 635 g/mol. The van der Waals surface area contributed by atoms with Crippen molar-refractivity contribution < 1.29 is 0 Å². The first-order valence-electron chi connectivity index (χ1n) is 17.6. The number of benzene rings is 4. The number of fused-ring (bicyclic) bond motifs is 3. The lowest BCUT2D eigenvalue weighted by molar-refractivity contribution is 0.653. The summed E-state index contributed by atoms with van der Waals surface area (Å²) in [5, 5.41) is 0. The number of anilines is 2. The van der Waals surface area contributed by atoms with Crippen molar-refractivity contribution in [2.75, 3.05) is 4.90 Å². The van der Waals surface area contributed by atoms with Crippen molar-refractivity contribution in [2.45, 2.75) is 51.9 Å². The molecule has 0 heterocycles. The second-order valence-electron chi connectivity index (χ2n) is 13.7. The molecular formula is C48H45N. The van der Waals surface area contributed by atoms with Crippen LogP contribution in [0.4, 0.5) is 11.4 Å². The smallest absolute Gasteiger partial charge is 0.0499 e. The molecule has 1 nitrogen and oxygen atoms in total. The van der Waals surface area contributed by atoms with E-state index in [9.17, 15) is 0 Å². The third-order valence-corrected chi connectivity index (χ3v) is 10.3. The first-order valence-corrected chi connectivity index (χ1v) is 17.6. The SMILES string of the molecule is C=C/C=C\C(=C/CC)c1ccc(N(C2=CC=C(c3ccccc3)CC2)c2cccc3c2CC2=C(/C=C\C3=C)C(C)(C)c3ccccc32)cc1. The Kier molecular flexibility index (Phi) is 8.93. The number of allylic oxidation sites excluding steroid dienone is 14. The summed E-state index contributed by atoms with van der Waals surface area (Å²) >= 11 is 0. The first kappa shape index (κ1) is 32.2. The summed E-state index contributed by atoms with van der Waals surface area (Å²) in [5.41, 5.74) is 17.9. The van der Waals surface area contributed by atoms with Crippen LogP contribution in [0.3, 0.4) is 0 Å². The molecule has 0 fully saturated rings. The molecule has 49 heavy (non-hydrogen) atoms. The third-order valence-electron chi connectivity index (χ3n) is 10.3. The van der Waals surface area contributed by atoms with E-state index in [-0.39, 0.29) is 5.41 Å². The van der Waals surface area contributed by atoms with Gasteiger partial charge < -0.3 is 4.90 Å². The van der Waals surface area contributed by atoms with Gasteiger partial charge in [0.25, 0.3) is 0 Å². The van der Waals surface area contributed by atoms with Gasteiger partial charge in [0.05, 0.1) is 0 Å². The fourth-order valence-electron chi connectivity index (χ4n) is 7.82. The van der Waals surface area contributed by atoms with Gasteiger partial charge in [-0.25, -0.2) is 0 Å². The third kappa shape index (κ3) is 6.07. The van der Waals surface area contributed by atoms with Gasteiger partial charge in [-0.3, -0.25) is 0 Å². The Morgan fingerprint density at radius 3 is 2.31 bits per heavy atom. The number of rotatable bonds is 8. The van der Waals surface area contributed by atoms with Gasteiger partial charge in [0.15, 0.2) is 0 Å². The Hall–Kier alpha value is -5.40. The van der Waals surface area contributed by atoms with Crippen LogP contribution in [-0.4, -0.2) is 0 Å².